The summed E-state index contributed by atoms with van der Waals surface area (Å²) in [6.45, 7) is 15.9. The van der Waals surface area contributed by atoms with Crippen molar-refractivity contribution in [3.63, 3.8) is 0 Å². The minimum atomic E-state index is -2.08. The van der Waals surface area contributed by atoms with Crippen LogP contribution in [0.5, 0.6) is 11.5 Å². The Bertz CT molecular complexity index is 4550. The monoisotopic (exact) mass is 1470 g/mol. The number of anilines is 3. The summed E-state index contributed by atoms with van der Waals surface area (Å²) < 4.78 is 41.6. The zero-order valence-corrected chi connectivity index (χ0v) is 60.8. The molecule has 31 nitrogen and oxygen atoms in total. The molecule has 1 aromatic heterocycles. The number of benzene rings is 4. The molecule has 568 valence electrons. The van der Waals surface area contributed by atoms with E-state index in [-0.39, 0.29) is 119 Å². The largest absolute Gasteiger partial charge is 0.509 e. The van der Waals surface area contributed by atoms with Crippen LogP contribution in [0.2, 0.25) is 0 Å². The fraction of sp³-hybridized carbons (Fsp3) is 0.467. The maximum Gasteiger partial charge on any atom is 0.509 e. The fourth-order valence-electron chi connectivity index (χ4n) is 13.2. The molecular weight excluding hydrogens is 1380 g/mol. The number of allylic oxidation sites excluding steroid dienone is 2. The van der Waals surface area contributed by atoms with Crippen molar-refractivity contribution in [3.05, 3.63) is 121 Å². The summed E-state index contributed by atoms with van der Waals surface area (Å²) in [5.41, 5.74) is 3.14. The average Bonchev–Trinajstić information content (AvgIpc) is 1.40. The van der Waals surface area contributed by atoms with E-state index in [0.717, 1.165) is 4.90 Å². The van der Waals surface area contributed by atoms with Crippen LogP contribution >= 0.6 is 0 Å². The van der Waals surface area contributed by atoms with E-state index < -0.39 is 153 Å². The number of fused-ring (bicyclic) bond motifs is 2. The number of ether oxygens (including phenoxy) is 6. The predicted molar refractivity (Wildman–Crippen MR) is 387 cm³/mol. The van der Waals surface area contributed by atoms with Gasteiger partial charge in [-0.3, -0.25) is 48.1 Å². The summed E-state index contributed by atoms with van der Waals surface area (Å²) in [6, 6.07) is 6.05. The van der Waals surface area contributed by atoms with E-state index in [0.29, 0.717) is 30.5 Å². The minimum absolute atomic E-state index is 0.0235. The number of nitrogens with two attached hydrogens (primary N) is 1. The van der Waals surface area contributed by atoms with E-state index in [4.69, 9.17) is 43.6 Å². The lowest BCUT2D eigenvalue weighted by Crippen LogP contribution is -2.54. The number of aromatic hydroxyl groups is 1. The summed E-state index contributed by atoms with van der Waals surface area (Å²) in [7, 11) is 1.41. The summed E-state index contributed by atoms with van der Waals surface area (Å²) in [5, 5.41) is 60.1. The number of imide groups is 1. The number of amides is 8. The number of unbranched alkanes of at least 4 members (excludes halogenated alkanes) is 2. The van der Waals surface area contributed by atoms with Crippen LogP contribution in [0.3, 0.4) is 0 Å². The maximum atomic E-state index is 15.1. The van der Waals surface area contributed by atoms with Crippen LogP contribution in [0.15, 0.2) is 98.7 Å². The summed E-state index contributed by atoms with van der Waals surface area (Å²) >= 11 is 0. The molecule has 4 bridgehead atoms. The Kier molecular flexibility index (Phi) is 25.3. The molecule has 1 saturated heterocycles. The molecule has 4 aromatic carbocycles. The van der Waals surface area contributed by atoms with Gasteiger partial charge in [-0.15, -0.1) is 0 Å². The Morgan fingerprint density at radius 2 is 1.54 bits per heavy atom. The number of hydrogen-bond donors (Lipinski definition) is 10. The van der Waals surface area contributed by atoms with Crippen molar-refractivity contribution in [2.45, 2.75) is 163 Å². The number of carbonyl (C=O) groups excluding carboxylic acids is 9. The maximum absolute atomic E-state index is 15.1. The molecule has 0 radical (unpaired) electrons. The van der Waals surface area contributed by atoms with Gasteiger partial charge in [-0.05, 0) is 69.2 Å². The zero-order chi connectivity index (χ0) is 77.3. The van der Waals surface area contributed by atoms with Gasteiger partial charge in [-0.2, -0.15) is 0 Å². The summed E-state index contributed by atoms with van der Waals surface area (Å²) in [5.74, 6) is -10.5. The number of carbonyl (C=O) groups is 9. The number of nitrogens with zero attached hydrogens (tertiary/aromatic N) is 3. The molecule has 8 amide bonds. The molecular formula is C75H91N9O22. The zero-order valence-electron chi connectivity index (χ0n) is 60.8. The first-order valence-electron chi connectivity index (χ1n) is 35.0. The molecule has 11 N–H and O–H groups in total. The third-order valence-corrected chi connectivity index (χ3v) is 19.5. The lowest BCUT2D eigenvalue weighted by Gasteiger charge is -2.39. The third kappa shape index (κ3) is 17.9. The summed E-state index contributed by atoms with van der Waals surface area (Å²) in [4.78, 5) is 152. The van der Waals surface area contributed by atoms with Gasteiger partial charge in [-0.1, -0.05) is 78.3 Å². The number of phenolic OH excluding ortho intramolecular Hbond substituents is 1. The molecule has 1 fully saturated rings. The number of rotatable bonds is 22. The molecule has 5 heterocycles. The van der Waals surface area contributed by atoms with Gasteiger partial charge in [-0.25, -0.2) is 14.6 Å². The van der Waals surface area contributed by atoms with Crippen molar-refractivity contribution in [1.29, 1.82) is 0 Å². The van der Waals surface area contributed by atoms with E-state index in [2.05, 4.69) is 26.6 Å². The average molecular weight is 1470 g/mol. The highest BCUT2D eigenvalue weighted by Crippen LogP contribution is 2.43. The Morgan fingerprint density at radius 3 is 2.20 bits per heavy atom. The van der Waals surface area contributed by atoms with Gasteiger partial charge < -0.3 is 90.5 Å². The highest BCUT2D eigenvalue weighted by molar-refractivity contribution is 6.17. The second-order valence-corrected chi connectivity index (χ2v) is 27.7. The van der Waals surface area contributed by atoms with E-state index in [1.54, 1.807) is 76.8 Å². The van der Waals surface area contributed by atoms with Gasteiger partial charge in [0.25, 0.3) is 17.7 Å². The normalized spacial score (nSPS) is 23.8. The molecule has 0 unspecified atom stereocenters. The molecule has 4 aliphatic heterocycles. The van der Waals surface area contributed by atoms with Crippen LogP contribution in [0.25, 0.3) is 38.7 Å². The SMILES string of the molecule is CO[C@H]1/C=C/O[C@@]2(C)Oc3c(C)c(O)c4c(=O)c(c5oc6cc(N7CC(OC(=O)OCc8ccc(NC(=O)[C@H](CCCNC(N)=O)NC(=O)[C@@H](NC(=O)CCCCCN9C(=O)C=CC9=O)C(C)C)cc8)C7)cc(=O)c6nc5c4c3=C2O)NC(=O)/C(C)=C\C=C\[C@H](C)[C@H](O)[C@@H](C)[C@@H](O)[C@@H](C)[C@H](OC(C)=O)[C@@H]1C. The number of esters is 1. The molecule has 0 saturated carbocycles. The van der Waals surface area contributed by atoms with Gasteiger partial charge >= 0.3 is 23.9 Å². The molecule has 0 aliphatic carbocycles. The Hall–Kier alpha value is -10.9. The molecule has 31 heteroatoms. The topological polar surface area (TPSA) is 443 Å². The Labute approximate surface area is 609 Å². The van der Waals surface area contributed by atoms with E-state index in [1.807, 2.05) is 0 Å². The van der Waals surface area contributed by atoms with E-state index in [9.17, 15) is 68.4 Å². The molecule has 11 atom stereocenters. The molecule has 0 spiro atoms. The smallest absolute Gasteiger partial charge is 0.507 e. The number of urea groups is 1. The minimum Gasteiger partial charge on any atom is -0.507 e. The Morgan fingerprint density at radius 1 is 0.840 bits per heavy atom. The number of aliphatic hydroxyl groups excluding tert-OH is 3. The van der Waals surface area contributed by atoms with Crippen molar-refractivity contribution >= 4 is 109 Å². The van der Waals surface area contributed by atoms with E-state index in [1.165, 1.54) is 83.6 Å². The number of methoxy groups -OCH3 is 1. The number of nitrogens with one attached hydrogen (secondary N) is 5. The standard InChI is InChI=1S/C75H91N9O22/c1-36(2)58(80-52(87)20-13-12-14-29-84-53(88)25-26-54(84)89)72(97)79-48(19-16-28-77-73(76)98)71(96)78-45-23-21-44(22-24-45)35-101-74(99)104-47-33-83(34-47)46-31-49(86)59-51(32-46)105-68-60(81-59)55-56-64(92)42(8)67-57(55)69(94)75(10,106-67)102-30-27-50(100-11)39(5)66(103-43(9)85)41(7)63(91)40(6)62(90)37(3)17-15-18-38(4)70(95)82-61(68)65(56)93/h15,17-18,21-27,30-32,36-37,39-41,47-48,50,58,62-63,66,90-92,94H,12-14,16,19-20,28-29,33-35H2,1-11H3,(H,78,96)(H,79,97)(H,80,87)(H,82,95)(H3,76,77,98)/b17-15+,30-27+,38-18-/t37-,39+,40+,41+,48-,50-,58-,62-,63+,66+,75-/m0/s1. The van der Waals surface area contributed by atoms with Crippen molar-refractivity contribution in [1.82, 2.24) is 25.8 Å². The quantitative estimate of drug-likeness (QED) is 0.0132. The molecule has 4 aliphatic rings. The number of primary amides is 1. The molecule has 106 heavy (non-hydrogen) atoms. The fourth-order valence-corrected chi connectivity index (χ4v) is 13.2. The van der Waals surface area contributed by atoms with Crippen molar-refractivity contribution in [2.24, 2.45) is 35.3 Å². The van der Waals surface area contributed by atoms with Crippen LogP contribution in [0.4, 0.5) is 26.7 Å². The second-order valence-electron chi connectivity index (χ2n) is 27.7. The Balaban J connectivity index is 0.899. The molecule has 5 aromatic rings. The van der Waals surface area contributed by atoms with Gasteiger partial charge in [0.1, 0.15) is 53.6 Å². The first-order chi connectivity index (χ1) is 50.2. The van der Waals surface area contributed by atoms with Gasteiger partial charge in [0, 0.05) is 116 Å². The van der Waals surface area contributed by atoms with Crippen molar-refractivity contribution < 1.29 is 96.4 Å². The third-order valence-electron chi connectivity index (χ3n) is 19.5. The number of hydrogen-bond acceptors (Lipinski definition) is 24. The van der Waals surface area contributed by atoms with Crippen LogP contribution < -0.4 is 58.0 Å². The number of aliphatic hydroxyl groups is 3. The molecule has 9 rings (SSSR count). The van der Waals surface area contributed by atoms with Crippen LogP contribution in [0.1, 0.15) is 112 Å². The van der Waals surface area contributed by atoms with Crippen molar-refractivity contribution in [2.75, 3.05) is 48.8 Å². The second kappa shape index (κ2) is 33.9. The number of aromatic nitrogens is 1. The highest BCUT2D eigenvalue weighted by Gasteiger charge is 2.45. The predicted octanol–water partition coefficient (Wildman–Crippen LogP) is 5.60. The first-order valence-corrected chi connectivity index (χ1v) is 35.0. The van der Waals surface area contributed by atoms with Crippen LogP contribution in [0, 0.1) is 36.5 Å². The summed E-state index contributed by atoms with van der Waals surface area (Å²) in [6.07, 6.45) is 5.53. The number of phenols is 1. The first kappa shape index (κ1) is 79.2. The van der Waals surface area contributed by atoms with Crippen LogP contribution in [-0.2, 0) is 63.9 Å². The van der Waals surface area contributed by atoms with E-state index >= 15 is 4.79 Å². The van der Waals surface area contributed by atoms with Crippen molar-refractivity contribution in [3.8, 4) is 11.5 Å². The van der Waals surface area contributed by atoms with Gasteiger partial charge in [0.2, 0.25) is 28.6 Å². The highest BCUT2D eigenvalue weighted by atomic mass is 16.7. The van der Waals surface area contributed by atoms with Gasteiger partial charge in [0.05, 0.1) is 48.3 Å². The van der Waals surface area contributed by atoms with Gasteiger partial charge in [0.15, 0.2) is 22.4 Å². The lowest BCUT2D eigenvalue weighted by atomic mass is 9.78. The van der Waals surface area contributed by atoms with Crippen LogP contribution in [-0.4, -0.2) is 166 Å². The lowest BCUT2D eigenvalue weighted by molar-refractivity contribution is -0.160.